The van der Waals surface area contributed by atoms with Crippen LogP contribution in [-0.2, 0) is 4.74 Å². The van der Waals surface area contributed by atoms with E-state index in [4.69, 9.17) is 9.47 Å². The second kappa shape index (κ2) is 4.82. The second-order valence-electron chi connectivity index (χ2n) is 3.33. The summed E-state index contributed by atoms with van der Waals surface area (Å²) in [5.41, 5.74) is -0.389. The van der Waals surface area contributed by atoms with Crippen LogP contribution in [-0.4, -0.2) is 34.1 Å². The van der Waals surface area contributed by atoms with Crippen LogP contribution in [0.15, 0.2) is 23.4 Å². The van der Waals surface area contributed by atoms with E-state index >= 15 is 0 Å². The van der Waals surface area contributed by atoms with Gasteiger partial charge in [-0.25, -0.2) is 14.8 Å². The average molecular weight is 249 g/mol. The van der Waals surface area contributed by atoms with Crippen molar-refractivity contribution >= 4 is 11.6 Å². The molecule has 0 aliphatic heterocycles. The molecule has 0 aromatic carbocycles. The molecular formula is C11H11N3O4. The summed E-state index contributed by atoms with van der Waals surface area (Å²) in [6, 6.07) is 0. The summed E-state index contributed by atoms with van der Waals surface area (Å²) in [6.45, 7) is 1.86. The van der Waals surface area contributed by atoms with Crippen LogP contribution < -0.4 is 10.3 Å². The summed E-state index contributed by atoms with van der Waals surface area (Å²) >= 11 is 0. The van der Waals surface area contributed by atoms with E-state index in [0.29, 0.717) is 0 Å². The van der Waals surface area contributed by atoms with Crippen LogP contribution in [0.25, 0.3) is 5.65 Å². The monoisotopic (exact) mass is 249 g/mol. The Morgan fingerprint density at radius 1 is 1.44 bits per heavy atom. The van der Waals surface area contributed by atoms with Crippen molar-refractivity contribution in [2.45, 2.75) is 6.92 Å². The molecule has 2 heterocycles. The molecule has 0 spiro atoms. The van der Waals surface area contributed by atoms with E-state index in [0.717, 1.165) is 0 Å². The molecule has 94 valence electrons. The Morgan fingerprint density at radius 2 is 2.22 bits per heavy atom. The van der Waals surface area contributed by atoms with E-state index in [1.54, 1.807) is 6.92 Å². The molecule has 2 aromatic rings. The van der Waals surface area contributed by atoms with E-state index < -0.39 is 11.5 Å². The summed E-state index contributed by atoms with van der Waals surface area (Å²) in [4.78, 5) is 31.5. The lowest BCUT2D eigenvalue weighted by Gasteiger charge is -2.06. The van der Waals surface area contributed by atoms with E-state index in [-0.39, 0.29) is 23.7 Å². The Hall–Kier alpha value is -2.44. The molecule has 2 aromatic heterocycles. The highest BCUT2D eigenvalue weighted by Crippen LogP contribution is 2.11. The van der Waals surface area contributed by atoms with Crippen molar-refractivity contribution in [2.24, 2.45) is 0 Å². The maximum atomic E-state index is 12.1. The van der Waals surface area contributed by atoms with Gasteiger partial charge in [-0.2, -0.15) is 0 Å². The zero-order valence-electron chi connectivity index (χ0n) is 9.91. The van der Waals surface area contributed by atoms with Crippen LogP contribution in [0, 0.1) is 0 Å². The van der Waals surface area contributed by atoms with Crippen molar-refractivity contribution in [3.63, 3.8) is 0 Å². The number of fused-ring (bicyclic) bond motifs is 1. The lowest BCUT2D eigenvalue weighted by atomic mass is 10.3. The number of esters is 1. The molecular weight excluding hydrogens is 238 g/mol. The third kappa shape index (κ3) is 1.90. The number of hydrogen-bond donors (Lipinski definition) is 0. The van der Waals surface area contributed by atoms with Gasteiger partial charge < -0.3 is 9.47 Å². The van der Waals surface area contributed by atoms with Gasteiger partial charge in [0.15, 0.2) is 0 Å². The number of hydrogen-bond acceptors (Lipinski definition) is 6. The van der Waals surface area contributed by atoms with Crippen molar-refractivity contribution in [1.82, 2.24) is 14.4 Å². The quantitative estimate of drug-likeness (QED) is 0.726. The van der Waals surface area contributed by atoms with Crippen molar-refractivity contribution in [3.8, 4) is 5.88 Å². The molecule has 0 unspecified atom stereocenters. The number of ether oxygens (including phenoxy) is 2. The predicted octanol–water partition coefficient (Wildman–Crippen LogP) is 0.275. The second-order valence-corrected chi connectivity index (χ2v) is 3.33. The standard InChI is InChI=1S/C11H11N3O4/c1-3-18-11(16)7-6-13-8-9(17-2)12-4-5-14(8)10(7)15/h4-6H,3H2,1-2H3. The zero-order chi connectivity index (χ0) is 13.1. The van der Waals surface area contributed by atoms with Gasteiger partial charge in [-0.05, 0) is 6.92 Å². The Morgan fingerprint density at radius 3 is 2.89 bits per heavy atom. The molecule has 0 radical (unpaired) electrons. The van der Waals surface area contributed by atoms with Crippen molar-refractivity contribution in [1.29, 1.82) is 0 Å². The maximum absolute atomic E-state index is 12.1. The first-order valence-corrected chi connectivity index (χ1v) is 5.26. The fourth-order valence-electron chi connectivity index (χ4n) is 1.48. The minimum absolute atomic E-state index is 0.123. The van der Waals surface area contributed by atoms with Gasteiger partial charge in [0.2, 0.25) is 5.65 Å². The smallest absolute Gasteiger partial charge is 0.345 e. The first-order valence-electron chi connectivity index (χ1n) is 5.26. The van der Waals surface area contributed by atoms with Gasteiger partial charge in [0, 0.05) is 18.6 Å². The van der Waals surface area contributed by atoms with Crippen molar-refractivity contribution in [2.75, 3.05) is 13.7 Å². The molecule has 0 N–H and O–H groups in total. The Bertz CT molecular complexity index is 650. The highest BCUT2D eigenvalue weighted by Gasteiger charge is 2.15. The third-order valence-electron chi connectivity index (χ3n) is 2.28. The highest BCUT2D eigenvalue weighted by molar-refractivity contribution is 5.88. The zero-order valence-corrected chi connectivity index (χ0v) is 9.91. The van der Waals surface area contributed by atoms with Crippen LogP contribution in [0.2, 0.25) is 0 Å². The van der Waals surface area contributed by atoms with Gasteiger partial charge >= 0.3 is 5.97 Å². The molecule has 0 saturated heterocycles. The van der Waals surface area contributed by atoms with E-state index in [1.165, 1.54) is 30.1 Å². The summed E-state index contributed by atoms with van der Waals surface area (Å²) in [5.74, 6) is -0.481. The van der Waals surface area contributed by atoms with Gasteiger partial charge in [-0.1, -0.05) is 0 Å². The molecule has 7 heteroatoms. The predicted molar refractivity (Wildman–Crippen MR) is 61.8 cm³/mol. The molecule has 0 atom stereocenters. The molecule has 0 aliphatic carbocycles. The summed E-state index contributed by atoms with van der Waals surface area (Å²) in [6.07, 6.45) is 3.97. The Labute approximate surface area is 102 Å². The number of nitrogens with zero attached hydrogens (tertiary/aromatic N) is 3. The van der Waals surface area contributed by atoms with Gasteiger partial charge in [0.25, 0.3) is 11.4 Å². The van der Waals surface area contributed by atoms with Crippen LogP contribution in [0.4, 0.5) is 0 Å². The first kappa shape index (κ1) is 12.0. The lowest BCUT2D eigenvalue weighted by Crippen LogP contribution is -2.24. The topological polar surface area (TPSA) is 82.8 Å². The minimum Gasteiger partial charge on any atom is -0.478 e. The van der Waals surface area contributed by atoms with Crippen LogP contribution >= 0.6 is 0 Å². The van der Waals surface area contributed by atoms with Crippen molar-refractivity contribution in [3.05, 3.63) is 34.5 Å². The summed E-state index contributed by atoms with van der Waals surface area (Å²) in [5, 5.41) is 0. The number of carbonyl (C=O) groups excluding carboxylic acids is 1. The number of methoxy groups -OCH3 is 1. The first-order chi connectivity index (χ1) is 8.69. The summed E-state index contributed by atoms with van der Waals surface area (Å²) < 4.78 is 10.9. The molecule has 2 rings (SSSR count). The largest absolute Gasteiger partial charge is 0.478 e. The van der Waals surface area contributed by atoms with E-state index in [2.05, 4.69) is 9.97 Å². The Balaban J connectivity index is 2.65. The normalized spacial score (nSPS) is 10.3. The number of rotatable bonds is 3. The SMILES string of the molecule is CCOC(=O)c1cnc2c(OC)nccn2c1=O. The minimum atomic E-state index is -0.694. The number of aromatic nitrogens is 3. The fraction of sp³-hybridized carbons (Fsp3) is 0.273. The van der Waals surface area contributed by atoms with E-state index in [1.807, 2.05) is 0 Å². The van der Waals surface area contributed by atoms with Gasteiger partial charge in [-0.15, -0.1) is 0 Å². The molecule has 0 saturated carbocycles. The lowest BCUT2D eigenvalue weighted by molar-refractivity contribution is 0.0523. The molecule has 0 fully saturated rings. The van der Waals surface area contributed by atoms with Crippen LogP contribution in [0.1, 0.15) is 17.3 Å². The molecule has 18 heavy (non-hydrogen) atoms. The third-order valence-corrected chi connectivity index (χ3v) is 2.28. The maximum Gasteiger partial charge on any atom is 0.345 e. The van der Waals surface area contributed by atoms with Gasteiger partial charge in [0.05, 0.1) is 13.7 Å². The fourth-order valence-corrected chi connectivity index (χ4v) is 1.48. The molecule has 0 bridgehead atoms. The van der Waals surface area contributed by atoms with E-state index in [9.17, 15) is 9.59 Å². The van der Waals surface area contributed by atoms with Crippen LogP contribution in [0.5, 0.6) is 5.88 Å². The van der Waals surface area contributed by atoms with Gasteiger partial charge in [0.1, 0.15) is 5.56 Å². The molecule has 7 nitrogen and oxygen atoms in total. The van der Waals surface area contributed by atoms with Crippen LogP contribution in [0.3, 0.4) is 0 Å². The molecule has 0 aliphatic rings. The van der Waals surface area contributed by atoms with Gasteiger partial charge in [-0.3, -0.25) is 9.20 Å². The molecule has 0 amide bonds. The number of carbonyl (C=O) groups is 1. The van der Waals surface area contributed by atoms with Crippen molar-refractivity contribution < 1.29 is 14.3 Å². The highest BCUT2D eigenvalue weighted by atomic mass is 16.5. The Kier molecular flexibility index (Phi) is 3.22. The average Bonchev–Trinajstić information content (AvgIpc) is 2.39. The summed E-state index contributed by atoms with van der Waals surface area (Å²) in [7, 11) is 1.42.